The van der Waals surface area contributed by atoms with Crippen LogP contribution in [0.2, 0.25) is 0 Å². The molecule has 0 aromatic carbocycles. The first-order valence-electron chi connectivity index (χ1n) is 6.34. The second kappa shape index (κ2) is 5.59. The number of carbonyl (C=O) groups is 1. The van der Waals surface area contributed by atoms with E-state index in [0.717, 1.165) is 11.5 Å². The minimum absolute atomic E-state index is 0.0903. The maximum Gasteiger partial charge on any atom is 0.393 e. The summed E-state index contributed by atoms with van der Waals surface area (Å²) in [7, 11) is 1.67. The summed E-state index contributed by atoms with van der Waals surface area (Å²) in [5.41, 5.74) is 0.943. The predicted molar refractivity (Wildman–Crippen MR) is 71.1 cm³/mol. The minimum Gasteiger partial charge on any atom is -0.378 e. The molecule has 0 unspecified atom stereocenters. The number of amides is 1. The van der Waals surface area contributed by atoms with Crippen molar-refractivity contribution >= 4 is 22.4 Å². The van der Waals surface area contributed by atoms with Crippen LogP contribution in [0.25, 0.3) is 0 Å². The Hall–Kier alpha value is -1.31. The Morgan fingerprint density at radius 1 is 1.50 bits per heavy atom. The zero-order valence-corrected chi connectivity index (χ0v) is 12.1. The molecule has 20 heavy (non-hydrogen) atoms. The van der Waals surface area contributed by atoms with Crippen LogP contribution in [-0.2, 0) is 0 Å². The van der Waals surface area contributed by atoms with E-state index in [1.165, 1.54) is 4.90 Å². The van der Waals surface area contributed by atoms with E-state index in [1.807, 2.05) is 0 Å². The fraction of sp³-hybridized carbons (Fsp3) is 0.667. The molecule has 0 spiro atoms. The van der Waals surface area contributed by atoms with Gasteiger partial charge in [-0.15, -0.1) is 0 Å². The van der Waals surface area contributed by atoms with Crippen molar-refractivity contribution in [2.24, 2.45) is 5.92 Å². The number of hydrogen-bond acceptors (Lipinski definition) is 4. The van der Waals surface area contributed by atoms with Gasteiger partial charge < -0.3 is 10.2 Å². The number of piperidine rings is 1. The van der Waals surface area contributed by atoms with Gasteiger partial charge in [0.15, 0.2) is 0 Å². The molecule has 1 amide bonds. The highest BCUT2D eigenvalue weighted by atomic mass is 32.1. The van der Waals surface area contributed by atoms with Gasteiger partial charge in [0.2, 0.25) is 0 Å². The molecular weight excluding hydrogens is 291 g/mol. The number of hydrogen-bond donors (Lipinski definition) is 1. The Bertz CT molecular complexity index is 501. The fourth-order valence-corrected chi connectivity index (χ4v) is 3.12. The number of nitrogens with zero attached hydrogens (tertiary/aromatic N) is 2. The van der Waals surface area contributed by atoms with E-state index in [9.17, 15) is 18.0 Å². The topological polar surface area (TPSA) is 45.2 Å². The Balaban J connectivity index is 2.19. The van der Waals surface area contributed by atoms with Gasteiger partial charge in [0, 0.05) is 20.1 Å². The van der Waals surface area contributed by atoms with E-state index in [-0.39, 0.29) is 18.9 Å². The normalized spacial score (nSPS) is 20.1. The van der Waals surface area contributed by atoms with Crippen LogP contribution in [0, 0.1) is 12.8 Å². The minimum atomic E-state index is -4.24. The van der Waals surface area contributed by atoms with Gasteiger partial charge in [-0.25, -0.2) is 0 Å². The van der Waals surface area contributed by atoms with Crippen molar-refractivity contribution in [3.05, 3.63) is 11.3 Å². The average Bonchev–Trinajstić information content (AvgIpc) is 2.78. The smallest absolute Gasteiger partial charge is 0.378 e. The summed E-state index contributed by atoms with van der Waals surface area (Å²) >= 11 is 1.14. The molecule has 1 aromatic heterocycles. The Morgan fingerprint density at radius 3 is 2.80 bits per heavy atom. The Morgan fingerprint density at radius 2 is 2.20 bits per heavy atom. The largest absolute Gasteiger partial charge is 0.393 e. The number of alkyl halides is 3. The van der Waals surface area contributed by atoms with Crippen molar-refractivity contribution in [3.8, 4) is 0 Å². The molecular formula is C12H16F3N3OS. The molecule has 0 aliphatic carbocycles. The quantitative estimate of drug-likeness (QED) is 0.914. The summed E-state index contributed by atoms with van der Waals surface area (Å²) in [5, 5.41) is 3.46. The molecule has 4 nitrogen and oxygen atoms in total. The van der Waals surface area contributed by atoms with Gasteiger partial charge in [-0.3, -0.25) is 4.79 Å². The zero-order valence-electron chi connectivity index (χ0n) is 11.3. The third-order valence-electron chi connectivity index (χ3n) is 3.48. The highest BCUT2D eigenvalue weighted by molar-refractivity contribution is 7.10. The van der Waals surface area contributed by atoms with E-state index >= 15 is 0 Å². The fourth-order valence-electron chi connectivity index (χ4n) is 2.38. The van der Waals surface area contributed by atoms with Crippen LogP contribution in [0.5, 0.6) is 0 Å². The van der Waals surface area contributed by atoms with Gasteiger partial charge in [0.05, 0.1) is 17.2 Å². The standard InChI is InChI=1S/C12H16F3N3OS/c1-7-9(10(16-2)20-17-7)11(19)18-5-3-4-8(6-18)12(13,14)15/h8,16H,3-6H2,1-2H3/t8-/m0/s1. The first-order chi connectivity index (χ1) is 9.34. The van der Waals surface area contributed by atoms with Crippen molar-refractivity contribution in [1.82, 2.24) is 9.27 Å². The van der Waals surface area contributed by atoms with Gasteiger partial charge in [0.1, 0.15) is 5.00 Å². The molecule has 2 heterocycles. The van der Waals surface area contributed by atoms with Crippen LogP contribution in [0.4, 0.5) is 18.2 Å². The lowest BCUT2D eigenvalue weighted by molar-refractivity contribution is -0.184. The highest BCUT2D eigenvalue weighted by Crippen LogP contribution is 2.34. The summed E-state index contributed by atoms with van der Waals surface area (Å²) in [6.07, 6.45) is -3.78. The Kier molecular flexibility index (Phi) is 4.22. The highest BCUT2D eigenvalue weighted by Gasteiger charge is 2.43. The first kappa shape index (κ1) is 15.1. The van der Waals surface area contributed by atoms with Crippen molar-refractivity contribution in [2.75, 3.05) is 25.5 Å². The maximum absolute atomic E-state index is 12.8. The molecule has 0 radical (unpaired) electrons. The predicted octanol–water partition coefficient (Wildman–Crippen LogP) is 2.91. The van der Waals surface area contributed by atoms with Crippen LogP contribution in [0.1, 0.15) is 28.9 Å². The molecule has 2 rings (SSSR count). The molecule has 8 heteroatoms. The first-order valence-corrected chi connectivity index (χ1v) is 7.12. The van der Waals surface area contributed by atoms with Gasteiger partial charge >= 0.3 is 6.18 Å². The maximum atomic E-state index is 12.8. The molecule has 0 saturated carbocycles. The van der Waals surface area contributed by atoms with Gasteiger partial charge in [-0.05, 0) is 31.3 Å². The molecule has 1 saturated heterocycles. The van der Waals surface area contributed by atoms with E-state index in [0.29, 0.717) is 29.2 Å². The van der Waals surface area contributed by atoms with E-state index in [2.05, 4.69) is 9.69 Å². The van der Waals surface area contributed by atoms with E-state index in [4.69, 9.17) is 0 Å². The van der Waals surface area contributed by atoms with Crippen LogP contribution < -0.4 is 5.32 Å². The second-order valence-electron chi connectivity index (χ2n) is 4.85. The van der Waals surface area contributed by atoms with Crippen LogP contribution in [0.15, 0.2) is 0 Å². The van der Waals surface area contributed by atoms with Crippen molar-refractivity contribution < 1.29 is 18.0 Å². The van der Waals surface area contributed by atoms with Crippen molar-refractivity contribution in [2.45, 2.75) is 25.9 Å². The number of aromatic nitrogens is 1. The lowest BCUT2D eigenvalue weighted by Crippen LogP contribution is -2.44. The number of anilines is 1. The number of halogens is 3. The summed E-state index contributed by atoms with van der Waals surface area (Å²) < 4.78 is 42.4. The van der Waals surface area contributed by atoms with Crippen LogP contribution in [-0.4, -0.2) is 41.5 Å². The number of rotatable bonds is 2. The molecule has 1 N–H and O–H groups in total. The lowest BCUT2D eigenvalue weighted by Gasteiger charge is -2.33. The molecule has 1 aliphatic rings. The third kappa shape index (κ3) is 2.89. The average molecular weight is 307 g/mol. The molecule has 1 aliphatic heterocycles. The summed E-state index contributed by atoms with van der Waals surface area (Å²) in [6.45, 7) is 1.79. The van der Waals surface area contributed by atoms with Crippen LogP contribution in [0.3, 0.4) is 0 Å². The third-order valence-corrected chi connectivity index (χ3v) is 4.43. The monoisotopic (exact) mass is 307 g/mol. The molecule has 112 valence electrons. The second-order valence-corrected chi connectivity index (χ2v) is 5.63. The molecule has 0 bridgehead atoms. The van der Waals surface area contributed by atoms with Crippen LogP contribution >= 0.6 is 11.5 Å². The zero-order chi connectivity index (χ0) is 14.9. The summed E-state index contributed by atoms with van der Waals surface area (Å²) in [4.78, 5) is 13.7. The summed E-state index contributed by atoms with van der Waals surface area (Å²) in [5.74, 6) is -1.79. The van der Waals surface area contributed by atoms with E-state index < -0.39 is 12.1 Å². The van der Waals surface area contributed by atoms with Crippen molar-refractivity contribution in [1.29, 1.82) is 0 Å². The van der Waals surface area contributed by atoms with Crippen molar-refractivity contribution in [3.63, 3.8) is 0 Å². The SMILES string of the molecule is CNc1snc(C)c1C(=O)N1CCC[C@H](C(F)(F)F)C1. The van der Waals surface area contributed by atoms with Gasteiger partial charge in [0.25, 0.3) is 5.91 Å². The Labute approximate surface area is 119 Å². The molecule has 1 atom stereocenters. The molecule has 1 aromatic rings. The van der Waals surface area contributed by atoms with E-state index in [1.54, 1.807) is 14.0 Å². The van der Waals surface area contributed by atoms with Gasteiger partial charge in [-0.2, -0.15) is 17.5 Å². The molecule has 1 fully saturated rings. The number of nitrogens with one attached hydrogen (secondary N) is 1. The lowest BCUT2D eigenvalue weighted by atomic mass is 9.97. The van der Waals surface area contributed by atoms with Gasteiger partial charge in [-0.1, -0.05) is 0 Å². The summed E-state index contributed by atoms with van der Waals surface area (Å²) in [6, 6.07) is 0. The number of aryl methyl sites for hydroxylation is 1. The number of likely N-dealkylation sites (tertiary alicyclic amines) is 1. The number of carbonyl (C=O) groups excluding carboxylic acids is 1.